The minimum absolute atomic E-state index is 0.130. The first kappa shape index (κ1) is 37.6. The Bertz CT molecular complexity index is 1710. The molecule has 4 nitrogen and oxygen atoms in total. The number of fused-ring (bicyclic) bond motifs is 2. The Balaban J connectivity index is 2.01. The molecule has 0 bridgehead atoms. The summed E-state index contributed by atoms with van der Waals surface area (Å²) in [5.74, 6) is 1.06. The molecule has 0 aliphatic carbocycles. The number of sulfone groups is 1. The van der Waals surface area contributed by atoms with Crippen LogP contribution in [0.4, 0.5) is 0 Å². The van der Waals surface area contributed by atoms with E-state index in [1.165, 1.54) is 0 Å². The van der Waals surface area contributed by atoms with Crippen molar-refractivity contribution in [3.63, 3.8) is 0 Å². The van der Waals surface area contributed by atoms with Crippen LogP contribution in [0.3, 0.4) is 0 Å². The van der Waals surface area contributed by atoms with Crippen LogP contribution in [0.5, 0.6) is 11.5 Å². The van der Waals surface area contributed by atoms with Crippen LogP contribution >= 0.6 is 159 Å². The van der Waals surface area contributed by atoms with E-state index in [9.17, 15) is 8.42 Å². The van der Waals surface area contributed by atoms with Gasteiger partial charge in [-0.25, -0.2) is 8.42 Å². The maximum Gasteiger partial charge on any atom is 0.207 e. The van der Waals surface area contributed by atoms with Gasteiger partial charge in [0.15, 0.2) is 0 Å². The van der Waals surface area contributed by atoms with Crippen molar-refractivity contribution >= 4 is 191 Å². The van der Waals surface area contributed by atoms with E-state index in [1.807, 2.05) is 26.0 Å². The van der Waals surface area contributed by atoms with Crippen molar-refractivity contribution in [3.8, 4) is 11.5 Å². The molecule has 0 spiro atoms. The number of rotatable bonds is 10. The molecular weight excluding hydrogens is 1230 g/mol. The highest BCUT2D eigenvalue weighted by atomic mass is 79.9. The number of hydrogen-bond acceptors (Lipinski definition) is 4. The van der Waals surface area contributed by atoms with Crippen LogP contribution in [-0.4, -0.2) is 40.9 Å². The summed E-state index contributed by atoms with van der Waals surface area (Å²) < 4.78 is 45.3. The minimum atomic E-state index is -4.10. The smallest absolute Gasteiger partial charge is 0.207 e. The lowest BCUT2D eigenvalue weighted by atomic mass is 10.1. The van der Waals surface area contributed by atoms with Crippen molar-refractivity contribution in [2.45, 2.75) is 32.3 Å². The van der Waals surface area contributed by atoms with Crippen molar-refractivity contribution in [3.05, 3.63) is 63.2 Å². The van der Waals surface area contributed by atoms with Gasteiger partial charge in [0, 0.05) is 50.1 Å². The molecule has 0 aliphatic rings. The second-order valence-electron chi connectivity index (χ2n) is 10.1. The summed E-state index contributed by atoms with van der Waals surface area (Å²) in [5, 5.41) is 3.56. The van der Waals surface area contributed by atoms with Crippen molar-refractivity contribution in [2.24, 2.45) is 0 Å². The molecule has 4 aromatic rings. The van der Waals surface area contributed by atoms with Crippen molar-refractivity contribution < 1.29 is 17.9 Å². The van der Waals surface area contributed by atoms with Crippen molar-refractivity contribution in [1.29, 1.82) is 0 Å². The topological polar surface area (TPSA) is 52.6 Å². The predicted molar refractivity (Wildman–Crippen MR) is 213 cm³/mol. The fourth-order valence-electron chi connectivity index (χ4n) is 4.14. The number of benzene rings is 4. The third kappa shape index (κ3) is 7.98. The largest absolute Gasteiger partial charge is 0.490 e. The standard InChI is InChI=1S/C28H20Br10O4S/c1-27(37,9-29)11-41-25-17(35)7-15(33)21-19(5-3-13(31)23(21)25)43(39,40)20-6-4-14(32)24-22(20)16(34)8-18(36)26(24)42-12-28(2,38)10-30/h3-8H,9-12H2,1-2H3. The molecule has 0 amide bonds. The molecule has 0 saturated carbocycles. The highest BCUT2D eigenvalue weighted by Gasteiger charge is 2.31. The monoisotopic (exact) mass is 1240 g/mol. The van der Waals surface area contributed by atoms with E-state index in [1.54, 1.807) is 24.3 Å². The number of halogens is 10. The van der Waals surface area contributed by atoms with Gasteiger partial charge in [0.25, 0.3) is 0 Å². The number of ether oxygens (including phenoxy) is 2. The molecule has 4 aromatic carbocycles. The quantitative estimate of drug-likeness (QED) is 0.149. The lowest BCUT2D eigenvalue weighted by molar-refractivity contribution is 0.294. The normalized spacial score (nSPS) is 15.0. The molecule has 0 aromatic heterocycles. The fourth-order valence-corrected chi connectivity index (χ4v) is 10.7. The molecule has 2 atom stereocenters. The maximum absolute atomic E-state index is 14.7. The second-order valence-corrected chi connectivity index (χ2v) is 22.1. The molecule has 0 heterocycles. The van der Waals surface area contributed by atoms with Gasteiger partial charge >= 0.3 is 0 Å². The van der Waals surface area contributed by atoms with E-state index in [0.717, 1.165) is 0 Å². The molecule has 0 fully saturated rings. The zero-order chi connectivity index (χ0) is 32.1. The number of hydrogen-bond donors (Lipinski definition) is 0. The first-order valence-electron chi connectivity index (χ1n) is 12.2. The van der Waals surface area contributed by atoms with Gasteiger partial charge in [-0.1, -0.05) is 127 Å². The first-order chi connectivity index (χ1) is 20.0. The van der Waals surface area contributed by atoms with Crippen LogP contribution in [0, 0.1) is 0 Å². The van der Waals surface area contributed by atoms with Crippen molar-refractivity contribution in [1.82, 2.24) is 0 Å². The van der Waals surface area contributed by atoms with Gasteiger partial charge < -0.3 is 9.47 Å². The zero-order valence-electron chi connectivity index (χ0n) is 22.1. The molecule has 43 heavy (non-hydrogen) atoms. The fraction of sp³-hybridized carbons (Fsp3) is 0.286. The lowest BCUT2D eigenvalue weighted by Gasteiger charge is -2.23. The Kier molecular flexibility index (Phi) is 12.8. The van der Waals surface area contributed by atoms with Crippen LogP contribution in [-0.2, 0) is 9.84 Å². The molecule has 2 unspecified atom stereocenters. The Labute approximate surface area is 334 Å². The van der Waals surface area contributed by atoms with Crippen LogP contribution in [0.25, 0.3) is 21.5 Å². The Hall–Kier alpha value is 1.75. The maximum atomic E-state index is 14.7. The zero-order valence-corrected chi connectivity index (χ0v) is 38.8. The molecule has 232 valence electrons. The van der Waals surface area contributed by atoms with E-state index in [-0.39, 0.29) is 18.4 Å². The summed E-state index contributed by atoms with van der Waals surface area (Å²) in [5.41, 5.74) is 0. The summed E-state index contributed by atoms with van der Waals surface area (Å²) in [6.45, 7) is 4.68. The summed E-state index contributed by atoms with van der Waals surface area (Å²) in [6, 6.07) is 10.3. The predicted octanol–water partition coefficient (Wildman–Crippen LogP) is 13.3. The van der Waals surface area contributed by atoms with Crippen LogP contribution in [0.2, 0.25) is 0 Å². The van der Waals surface area contributed by atoms with E-state index in [4.69, 9.17) is 9.47 Å². The third-order valence-electron chi connectivity index (χ3n) is 6.28. The summed E-state index contributed by atoms with van der Waals surface area (Å²) >= 11 is 36.2. The molecule has 0 saturated heterocycles. The van der Waals surface area contributed by atoms with Gasteiger partial charge in [-0.15, -0.1) is 0 Å². The van der Waals surface area contributed by atoms with Crippen LogP contribution in [0.15, 0.2) is 73.0 Å². The molecular formula is C28H20Br10O4S. The Morgan fingerprint density at radius 3 is 1.26 bits per heavy atom. The van der Waals surface area contributed by atoms with Gasteiger partial charge in [-0.2, -0.15) is 0 Å². The van der Waals surface area contributed by atoms with E-state index in [2.05, 4.69) is 159 Å². The second kappa shape index (κ2) is 14.7. The molecule has 0 aliphatic heterocycles. The van der Waals surface area contributed by atoms with Crippen LogP contribution < -0.4 is 9.47 Å². The summed E-state index contributed by atoms with van der Waals surface area (Å²) in [7, 11) is -4.10. The number of alkyl halides is 4. The van der Waals surface area contributed by atoms with E-state index < -0.39 is 9.84 Å². The van der Waals surface area contributed by atoms with Gasteiger partial charge in [-0.05, 0) is 82.1 Å². The van der Waals surface area contributed by atoms with Crippen LogP contribution in [0.1, 0.15) is 13.8 Å². The van der Waals surface area contributed by atoms with E-state index >= 15 is 0 Å². The highest BCUT2D eigenvalue weighted by molar-refractivity contribution is 9.13. The van der Waals surface area contributed by atoms with Gasteiger partial charge in [0.2, 0.25) is 9.84 Å². The third-order valence-corrected chi connectivity index (χ3v) is 16.9. The van der Waals surface area contributed by atoms with Gasteiger partial charge in [0.05, 0.1) is 27.4 Å². The Morgan fingerprint density at radius 2 is 0.930 bits per heavy atom. The van der Waals surface area contributed by atoms with E-state index in [0.29, 0.717) is 83.8 Å². The molecule has 0 radical (unpaired) electrons. The lowest BCUT2D eigenvalue weighted by Crippen LogP contribution is -2.27. The molecule has 15 heteroatoms. The summed E-state index contributed by atoms with van der Waals surface area (Å²) in [4.78, 5) is 0.260. The van der Waals surface area contributed by atoms with Gasteiger partial charge in [0.1, 0.15) is 24.7 Å². The van der Waals surface area contributed by atoms with Crippen molar-refractivity contribution in [2.75, 3.05) is 23.9 Å². The molecule has 0 N–H and O–H groups in total. The highest BCUT2D eigenvalue weighted by Crippen LogP contribution is 2.49. The summed E-state index contributed by atoms with van der Waals surface area (Å²) in [6.07, 6.45) is 0. The average Bonchev–Trinajstić information content (AvgIpc) is 2.93. The first-order valence-corrected chi connectivity index (χ1v) is 22.2. The average molecular weight is 1250 g/mol. The minimum Gasteiger partial charge on any atom is -0.490 e. The van der Waals surface area contributed by atoms with Gasteiger partial charge in [-0.3, -0.25) is 0 Å². The SMILES string of the molecule is CC(Br)(CBr)COc1c(Br)cc(Br)c2c(S(=O)(=O)c3ccc(Br)c4c(OCC(C)(Br)CBr)c(Br)cc(Br)c34)ccc(Br)c12. The molecule has 4 rings (SSSR count). The Morgan fingerprint density at radius 1 is 0.581 bits per heavy atom.